The Morgan fingerprint density at radius 2 is 1.32 bits per heavy atom. The second-order valence-corrected chi connectivity index (χ2v) is 6.93. The van der Waals surface area contributed by atoms with Gasteiger partial charge in [-0.1, -0.05) is 72.8 Å². The van der Waals surface area contributed by atoms with E-state index in [9.17, 15) is 0 Å². The molecule has 1 atom stereocenters. The van der Waals surface area contributed by atoms with Gasteiger partial charge in [-0.3, -0.25) is 0 Å². The van der Waals surface area contributed by atoms with Crippen molar-refractivity contribution in [1.29, 1.82) is 0 Å². The SMILES string of the molecule is C1=CC2=C(C1)c1ccccc1C1c3ccccc3-c3ccccc3N21. The van der Waals surface area contributed by atoms with E-state index in [4.69, 9.17) is 0 Å². The number of benzene rings is 3. The third-order valence-corrected chi connectivity index (χ3v) is 5.71. The lowest BCUT2D eigenvalue weighted by atomic mass is 9.79. The molecule has 0 bridgehead atoms. The molecule has 0 spiro atoms. The zero-order chi connectivity index (χ0) is 16.4. The van der Waals surface area contributed by atoms with E-state index in [1.807, 2.05) is 0 Å². The van der Waals surface area contributed by atoms with Crippen LogP contribution in [0.2, 0.25) is 0 Å². The van der Waals surface area contributed by atoms with Crippen LogP contribution in [0.15, 0.2) is 90.6 Å². The van der Waals surface area contributed by atoms with Gasteiger partial charge in [-0.15, -0.1) is 0 Å². The first-order chi connectivity index (χ1) is 12.4. The Balaban J connectivity index is 1.76. The largest absolute Gasteiger partial charge is 0.329 e. The first-order valence-electron chi connectivity index (χ1n) is 8.90. The third kappa shape index (κ3) is 1.63. The van der Waals surface area contributed by atoms with Gasteiger partial charge in [0.25, 0.3) is 0 Å². The Morgan fingerprint density at radius 3 is 2.16 bits per heavy atom. The fourth-order valence-corrected chi connectivity index (χ4v) is 4.72. The molecule has 0 saturated heterocycles. The summed E-state index contributed by atoms with van der Waals surface area (Å²) in [5, 5.41) is 0. The molecule has 2 heterocycles. The van der Waals surface area contributed by atoms with Crippen molar-refractivity contribution >= 4 is 11.3 Å². The van der Waals surface area contributed by atoms with E-state index in [1.165, 1.54) is 44.8 Å². The molecule has 1 nitrogen and oxygen atoms in total. The molecule has 0 N–H and O–H groups in total. The molecule has 3 aromatic carbocycles. The van der Waals surface area contributed by atoms with Crippen LogP contribution >= 0.6 is 0 Å². The summed E-state index contributed by atoms with van der Waals surface area (Å²) in [6.07, 6.45) is 5.63. The molecule has 3 aromatic rings. The van der Waals surface area contributed by atoms with Crippen molar-refractivity contribution < 1.29 is 0 Å². The summed E-state index contributed by atoms with van der Waals surface area (Å²) in [4.78, 5) is 2.55. The Hall–Kier alpha value is -3.06. The summed E-state index contributed by atoms with van der Waals surface area (Å²) >= 11 is 0. The summed E-state index contributed by atoms with van der Waals surface area (Å²) in [7, 11) is 0. The molecule has 25 heavy (non-hydrogen) atoms. The first-order valence-corrected chi connectivity index (χ1v) is 8.90. The molecule has 118 valence electrons. The number of hydrogen-bond acceptors (Lipinski definition) is 1. The van der Waals surface area contributed by atoms with Crippen molar-refractivity contribution in [1.82, 2.24) is 0 Å². The molecule has 0 radical (unpaired) electrons. The van der Waals surface area contributed by atoms with E-state index >= 15 is 0 Å². The molecular weight excluding hydrogens is 302 g/mol. The molecule has 1 aliphatic carbocycles. The van der Waals surface area contributed by atoms with Crippen molar-refractivity contribution in [3.05, 3.63) is 107 Å². The maximum atomic E-state index is 2.55. The van der Waals surface area contributed by atoms with E-state index in [2.05, 4.69) is 89.8 Å². The number of para-hydroxylation sites is 1. The number of hydrogen-bond donors (Lipinski definition) is 0. The molecule has 3 aliphatic rings. The number of allylic oxidation sites excluding steroid dienone is 3. The Kier molecular flexibility index (Phi) is 2.51. The smallest absolute Gasteiger partial charge is 0.0857 e. The van der Waals surface area contributed by atoms with Gasteiger partial charge in [0, 0.05) is 16.9 Å². The lowest BCUT2D eigenvalue weighted by Gasteiger charge is -2.44. The highest BCUT2D eigenvalue weighted by molar-refractivity contribution is 5.93. The maximum Gasteiger partial charge on any atom is 0.0857 e. The van der Waals surface area contributed by atoms with E-state index < -0.39 is 0 Å². The zero-order valence-corrected chi connectivity index (χ0v) is 13.8. The molecule has 0 aromatic heterocycles. The standard InChI is InChI=1S/C24H17N/c1-3-11-20-16(8-1)18-10-5-6-14-22(18)25-23-15-7-13-19(23)17-9-2-4-12-21(17)24(20)25/h1-12,14-15,24H,13H2. The van der Waals surface area contributed by atoms with Gasteiger partial charge in [-0.05, 0) is 46.4 Å². The van der Waals surface area contributed by atoms with Crippen LogP contribution in [-0.2, 0) is 0 Å². The van der Waals surface area contributed by atoms with Gasteiger partial charge in [-0.25, -0.2) is 0 Å². The summed E-state index contributed by atoms with van der Waals surface area (Å²) in [5.74, 6) is 0. The van der Waals surface area contributed by atoms with Gasteiger partial charge in [0.05, 0.1) is 6.04 Å². The summed E-state index contributed by atoms with van der Waals surface area (Å²) in [6, 6.07) is 26.9. The second kappa shape index (κ2) is 4.73. The average molecular weight is 319 g/mol. The Morgan fingerprint density at radius 1 is 0.680 bits per heavy atom. The molecule has 0 saturated carbocycles. The number of anilines is 1. The summed E-state index contributed by atoms with van der Waals surface area (Å²) < 4.78 is 0. The highest BCUT2D eigenvalue weighted by atomic mass is 15.2. The van der Waals surface area contributed by atoms with Crippen LogP contribution in [0, 0.1) is 0 Å². The molecule has 2 aliphatic heterocycles. The van der Waals surface area contributed by atoms with Crippen LogP contribution in [0.5, 0.6) is 0 Å². The van der Waals surface area contributed by atoms with Crippen molar-refractivity contribution in [2.45, 2.75) is 12.5 Å². The topological polar surface area (TPSA) is 3.24 Å². The van der Waals surface area contributed by atoms with Crippen molar-refractivity contribution in [2.75, 3.05) is 4.90 Å². The Labute approximate surface area is 147 Å². The van der Waals surface area contributed by atoms with E-state index in [1.54, 1.807) is 0 Å². The van der Waals surface area contributed by atoms with Crippen LogP contribution in [-0.4, -0.2) is 0 Å². The lowest BCUT2D eigenvalue weighted by molar-refractivity contribution is 0.771. The first kappa shape index (κ1) is 13.3. The normalized spacial score (nSPS) is 19.0. The molecular formula is C24H17N. The van der Waals surface area contributed by atoms with E-state index in [0.717, 1.165) is 6.42 Å². The van der Waals surface area contributed by atoms with Crippen LogP contribution in [0.4, 0.5) is 5.69 Å². The highest BCUT2D eigenvalue weighted by Crippen LogP contribution is 2.54. The van der Waals surface area contributed by atoms with E-state index in [-0.39, 0.29) is 6.04 Å². The maximum absolute atomic E-state index is 2.55. The highest BCUT2D eigenvalue weighted by Gasteiger charge is 2.39. The average Bonchev–Trinajstić information content (AvgIpc) is 3.17. The molecule has 0 amide bonds. The number of nitrogens with zero attached hydrogens (tertiary/aromatic N) is 1. The molecule has 0 fully saturated rings. The second-order valence-electron chi connectivity index (χ2n) is 6.93. The summed E-state index contributed by atoms with van der Waals surface area (Å²) in [6.45, 7) is 0. The van der Waals surface area contributed by atoms with Crippen molar-refractivity contribution in [3.63, 3.8) is 0 Å². The van der Waals surface area contributed by atoms with Crippen LogP contribution in [0.1, 0.15) is 29.2 Å². The lowest BCUT2D eigenvalue weighted by Crippen LogP contribution is -2.35. The zero-order valence-electron chi connectivity index (χ0n) is 13.8. The van der Waals surface area contributed by atoms with Crippen LogP contribution < -0.4 is 4.90 Å². The predicted molar refractivity (Wildman–Crippen MR) is 103 cm³/mol. The van der Waals surface area contributed by atoms with Crippen LogP contribution in [0.25, 0.3) is 16.7 Å². The van der Waals surface area contributed by atoms with Gasteiger partial charge in [0.2, 0.25) is 0 Å². The number of rotatable bonds is 0. The summed E-state index contributed by atoms with van der Waals surface area (Å²) in [5.41, 5.74) is 11.1. The minimum absolute atomic E-state index is 0.254. The van der Waals surface area contributed by atoms with Gasteiger partial charge >= 0.3 is 0 Å². The minimum Gasteiger partial charge on any atom is -0.329 e. The fraction of sp³-hybridized carbons (Fsp3) is 0.0833. The van der Waals surface area contributed by atoms with Gasteiger partial charge in [0.15, 0.2) is 0 Å². The molecule has 1 heteroatoms. The fourth-order valence-electron chi connectivity index (χ4n) is 4.72. The monoisotopic (exact) mass is 319 g/mol. The van der Waals surface area contributed by atoms with Gasteiger partial charge in [0.1, 0.15) is 0 Å². The van der Waals surface area contributed by atoms with Gasteiger partial charge < -0.3 is 4.90 Å². The quantitative estimate of drug-likeness (QED) is 0.495. The van der Waals surface area contributed by atoms with Crippen LogP contribution in [0.3, 0.4) is 0 Å². The predicted octanol–water partition coefficient (Wildman–Crippen LogP) is 5.95. The minimum atomic E-state index is 0.254. The van der Waals surface area contributed by atoms with Gasteiger partial charge in [-0.2, -0.15) is 0 Å². The third-order valence-electron chi connectivity index (χ3n) is 5.71. The number of fused-ring (bicyclic) bond motifs is 10. The Bertz CT molecular complexity index is 1090. The molecule has 6 rings (SSSR count). The van der Waals surface area contributed by atoms with Crippen molar-refractivity contribution in [2.24, 2.45) is 0 Å². The molecule has 1 unspecified atom stereocenters. The van der Waals surface area contributed by atoms with E-state index in [0.29, 0.717) is 0 Å². The van der Waals surface area contributed by atoms with Crippen molar-refractivity contribution in [3.8, 4) is 11.1 Å².